The van der Waals surface area contributed by atoms with Crippen molar-refractivity contribution < 1.29 is 19.1 Å². The monoisotopic (exact) mass is 375 g/mol. The highest BCUT2D eigenvalue weighted by Gasteiger charge is 2.32. The van der Waals surface area contributed by atoms with Crippen LogP contribution in [0.1, 0.15) is 11.1 Å². The Kier molecular flexibility index (Phi) is 4.41. The number of ether oxygens (including phenoxy) is 2. The molecule has 0 spiro atoms. The van der Waals surface area contributed by atoms with E-state index in [1.54, 1.807) is 38.6 Å². The zero-order valence-electron chi connectivity index (χ0n) is 15.3. The van der Waals surface area contributed by atoms with E-state index in [2.05, 4.69) is 15.3 Å². The Morgan fingerprint density at radius 2 is 1.68 bits per heavy atom. The summed E-state index contributed by atoms with van der Waals surface area (Å²) in [5, 5.41) is 3.17. The molecule has 4 rings (SSSR count). The van der Waals surface area contributed by atoms with E-state index in [9.17, 15) is 9.59 Å². The molecule has 0 bridgehead atoms. The first-order chi connectivity index (χ1) is 13.6. The number of rotatable bonds is 5. The Labute approximate surface area is 160 Å². The summed E-state index contributed by atoms with van der Waals surface area (Å²) in [7, 11) is 3.10. The largest absolute Gasteiger partial charge is 0.497 e. The van der Waals surface area contributed by atoms with Crippen LogP contribution in [0.25, 0.3) is 16.5 Å². The maximum atomic E-state index is 12.4. The van der Waals surface area contributed by atoms with Gasteiger partial charge in [0, 0.05) is 40.5 Å². The molecular formula is C21H17N3O4. The third-order valence-electron chi connectivity index (χ3n) is 4.48. The number of amides is 2. The summed E-state index contributed by atoms with van der Waals surface area (Å²) in [4.78, 5) is 32.2. The van der Waals surface area contributed by atoms with Crippen molar-refractivity contribution in [2.45, 2.75) is 0 Å². The van der Waals surface area contributed by atoms with Crippen LogP contribution >= 0.6 is 0 Å². The van der Waals surface area contributed by atoms with E-state index in [0.29, 0.717) is 22.6 Å². The fourth-order valence-electron chi connectivity index (χ4n) is 3.14. The minimum atomic E-state index is -0.531. The Hall–Kier alpha value is -3.87. The number of methoxy groups -OCH3 is 2. The fourth-order valence-corrected chi connectivity index (χ4v) is 3.14. The van der Waals surface area contributed by atoms with Crippen molar-refractivity contribution in [1.82, 2.24) is 10.3 Å². The van der Waals surface area contributed by atoms with Crippen LogP contribution in [0.15, 0.2) is 59.4 Å². The van der Waals surface area contributed by atoms with Crippen LogP contribution in [0, 0.1) is 0 Å². The Balaban J connectivity index is 1.81. The van der Waals surface area contributed by atoms with Crippen LogP contribution in [0.5, 0.6) is 11.5 Å². The van der Waals surface area contributed by atoms with Crippen molar-refractivity contribution >= 4 is 34.5 Å². The van der Waals surface area contributed by atoms with E-state index in [1.165, 1.54) is 6.21 Å². The summed E-state index contributed by atoms with van der Waals surface area (Å²) in [5.41, 5.74) is 2.49. The molecule has 2 N–H and O–H groups in total. The first kappa shape index (κ1) is 17.5. The van der Waals surface area contributed by atoms with Crippen molar-refractivity contribution in [3.8, 4) is 11.5 Å². The van der Waals surface area contributed by atoms with Gasteiger partial charge in [0.15, 0.2) is 0 Å². The van der Waals surface area contributed by atoms with Gasteiger partial charge in [-0.2, -0.15) is 0 Å². The molecule has 0 saturated carbocycles. The SMILES string of the molecule is COc1cc(C=NC2=C(c3c[nH]c4ccccc34)C(=O)NC2=O)cc(OC)c1. The number of hydrogen-bond donors (Lipinski definition) is 2. The zero-order valence-corrected chi connectivity index (χ0v) is 15.3. The molecule has 0 unspecified atom stereocenters. The molecule has 7 nitrogen and oxygen atoms in total. The van der Waals surface area contributed by atoms with E-state index in [4.69, 9.17) is 9.47 Å². The molecule has 140 valence electrons. The van der Waals surface area contributed by atoms with Crippen LogP contribution in [0.3, 0.4) is 0 Å². The topological polar surface area (TPSA) is 92.8 Å². The number of aromatic nitrogens is 1. The van der Waals surface area contributed by atoms with Crippen molar-refractivity contribution in [2.24, 2.45) is 4.99 Å². The van der Waals surface area contributed by atoms with E-state index < -0.39 is 11.8 Å². The molecule has 28 heavy (non-hydrogen) atoms. The predicted octanol–water partition coefficient (Wildman–Crippen LogP) is 2.67. The van der Waals surface area contributed by atoms with Gasteiger partial charge in [-0.05, 0) is 18.2 Å². The lowest BCUT2D eigenvalue weighted by molar-refractivity contribution is -0.123. The Bertz CT molecular complexity index is 1140. The number of carbonyl (C=O) groups excluding carboxylic acids is 2. The summed E-state index contributed by atoms with van der Waals surface area (Å²) in [6, 6.07) is 12.8. The number of fused-ring (bicyclic) bond motifs is 1. The molecule has 0 aliphatic carbocycles. The van der Waals surface area contributed by atoms with Gasteiger partial charge < -0.3 is 14.5 Å². The summed E-state index contributed by atoms with van der Waals surface area (Å²) < 4.78 is 10.5. The summed E-state index contributed by atoms with van der Waals surface area (Å²) in [5.74, 6) is 0.193. The number of benzene rings is 2. The molecule has 0 radical (unpaired) electrons. The molecule has 0 saturated heterocycles. The first-order valence-electron chi connectivity index (χ1n) is 8.54. The van der Waals surface area contributed by atoms with Crippen molar-refractivity contribution in [3.05, 3.63) is 65.5 Å². The van der Waals surface area contributed by atoms with Gasteiger partial charge in [-0.3, -0.25) is 14.9 Å². The highest BCUT2D eigenvalue weighted by molar-refractivity contribution is 6.37. The number of hydrogen-bond acceptors (Lipinski definition) is 5. The van der Waals surface area contributed by atoms with Crippen molar-refractivity contribution in [2.75, 3.05) is 14.2 Å². The van der Waals surface area contributed by atoms with Crippen LogP contribution < -0.4 is 14.8 Å². The second-order valence-corrected chi connectivity index (χ2v) is 6.16. The van der Waals surface area contributed by atoms with E-state index in [-0.39, 0.29) is 11.3 Å². The van der Waals surface area contributed by atoms with E-state index in [0.717, 1.165) is 10.9 Å². The highest BCUT2D eigenvalue weighted by Crippen LogP contribution is 2.31. The second kappa shape index (κ2) is 7.03. The second-order valence-electron chi connectivity index (χ2n) is 6.16. The lowest BCUT2D eigenvalue weighted by Gasteiger charge is -2.05. The molecule has 0 fully saturated rings. The molecule has 1 aliphatic rings. The number of carbonyl (C=O) groups is 2. The highest BCUT2D eigenvalue weighted by atomic mass is 16.5. The van der Waals surface area contributed by atoms with Gasteiger partial charge in [-0.15, -0.1) is 0 Å². The molecule has 2 aromatic carbocycles. The molecule has 1 aliphatic heterocycles. The maximum Gasteiger partial charge on any atom is 0.277 e. The van der Waals surface area contributed by atoms with Gasteiger partial charge in [-0.1, -0.05) is 18.2 Å². The molecule has 2 heterocycles. The number of aromatic amines is 1. The van der Waals surface area contributed by atoms with Crippen LogP contribution in [0.4, 0.5) is 0 Å². The van der Waals surface area contributed by atoms with Gasteiger partial charge in [0.1, 0.15) is 17.2 Å². The fraction of sp³-hybridized carbons (Fsp3) is 0.0952. The minimum Gasteiger partial charge on any atom is -0.497 e. The normalized spacial score (nSPS) is 14.2. The molecule has 7 heteroatoms. The van der Waals surface area contributed by atoms with Gasteiger partial charge >= 0.3 is 0 Å². The molecule has 0 atom stereocenters. The van der Waals surface area contributed by atoms with Gasteiger partial charge in [-0.25, -0.2) is 4.99 Å². The quantitative estimate of drug-likeness (QED) is 0.530. The minimum absolute atomic E-state index is 0.0662. The molecule has 2 amide bonds. The average molecular weight is 375 g/mol. The van der Waals surface area contributed by atoms with Crippen LogP contribution in [0.2, 0.25) is 0 Å². The number of imide groups is 1. The van der Waals surface area contributed by atoms with Gasteiger partial charge in [0.25, 0.3) is 11.8 Å². The predicted molar refractivity (Wildman–Crippen MR) is 106 cm³/mol. The first-order valence-corrected chi connectivity index (χ1v) is 8.54. The number of H-pyrrole nitrogens is 1. The lowest BCUT2D eigenvalue weighted by Crippen LogP contribution is -2.22. The maximum absolute atomic E-state index is 12.4. The number of para-hydroxylation sites is 1. The third-order valence-corrected chi connectivity index (χ3v) is 4.48. The third kappa shape index (κ3) is 3.03. The molecule has 3 aromatic rings. The number of nitrogens with one attached hydrogen (secondary N) is 2. The van der Waals surface area contributed by atoms with Crippen molar-refractivity contribution in [3.63, 3.8) is 0 Å². The Morgan fingerprint density at radius 3 is 2.39 bits per heavy atom. The summed E-state index contributed by atoms with van der Waals surface area (Å²) in [6.07, 6.45) is 3.22. The van der Waals surface area contributed by atoms with Crippen molar-refractivity contribution in [1.29, 1.82) is 0 Å². The molecule has 1 aromatic heterocycles. The smallest absolute Gasteiger partial charge is 0.277 e. The van der Waals surface area contributed by atoms with E-state index >= 15 is 0 Å². The lowest BCUT2D eigenvalue weighted by atomic mass is 10.0. The van der Waals surface area contributed by atoms with Crippen LogP contribution in [-0.2, 0) is 9.59 Å². The number of nitrogens with zero attached hydrogens (tertiary/aromatic N) is 1. The number of aliphatic imine (C=N–C) groups is 1. The Morgan fingerprint density at radius 1 is 0.964 bits per heavy atom. The van der Waals surface area contributed by atoms with Crippen LogP contribution in [-0.4, -0.2) is 37.2 Å². The van der Waals surface area contributed by atoms with Gasteiger partial charge in [0.05, 0.1) is 19.8 Å². The van der Waals surface area contributed by atoms with Gasteiger partial charge in [0.2, 0.25) is 0 Å². The van der Waals surface area contributed by atoms with E-state index in [1.807, 2.05) is 24.3 Å². The zero-order chi connectivity index (χ0) is 19.7. The summed E-state index contributed by atoms with van der Waals surface area (Å²) >= 11 is 0. The average Bonchev–Trinajstić information content (AvgIpc) is 3.25. The standard InChI is InChI=1S/C21H17N3O4/c1-27-13-7-12(8-14(9-13)28-2)10-23-19-18(20(25)24-21(19)26)16-11-22-17-6-4-3-5-15(16)17/h3-11,22H,1-2H3,(H,24,25,26). The summed E-state index contributed by atoms with van der Waals surface area (Å²) in [6.45, 7) is 0. The molecular weight excluding hydrogens is 358 g/mol.